The molecule has 3 N–H and O–H groups in total. The first kappa shape index (κ1) is 35.9. The molecule has 0 saturated carbocycles. The van der Waals surface area contributed by atoms with Crippen LogP contribution in [0.4, 0.5) is 5.69 Å². The molecule has 0 spiro atoms. The first-order chi connectivity index (χ1) is 19.2. The van der Waals surface area contributed by atoms with Gasteiger partial charge in [-0.2, -0.15) is 0 Å². The third-order valence-corrected chi connectivity index (χ3v) is 6.66. The summed E-state index contributed by atoms with van der Waals surface area (Å²) < 4.78 is 27.4. The number of aromatic nitrogens is 1. The second-order valence-electron chi connectivity index (χ2n) is 9.28. The molecular weight excluding hydrogens is 583 g/mol. The van der Waals surface area contributed by atoms with E-state index in [4.69, 9.17) is 20.2 Å². The van der Waals surface area contributed by atoms with Crippen LogP contribution in [0.3, 0.4) is 0 Å². The Labute approximate surface area is 242 Å². The summed E-state index contributed by atoms with van der Waals surface area (Å²) in [6.07, 6.45) is 8.13. The number of terminal acetylenes is 1. The van der Waals surface area contributed by atoms with E-state index in [2.05, 4.69) is 21.5 Å². The molecule has 0 aromatic carbocycles. The molecule has 228 valence electrons. The van der Waals surface area contributed by atoms with Crippen LogP contribution in [0, 0.1) is 22.5 Å². The van der Waals surface area contributed by atoms with Crippen molar-refractivity contribution in [2.45, 2.75) is 5.03 Å². The average Bonchev–Trinajstić information content (AvgIpc) is 2.89. The van der Waals surface area contributed by atoms with Gasteiger partial charge in [-0.1, -0.05) is 5.92 Å². The standard InChI is InChI=1S/C23H35N6O10PS/c1-6-9-27(10-12-38-40(35,36)39-13-11-29(2,3)4)21(31)17-37-16-20(30)24-7-8-25-22(32)18-14-19(28(33)34)23(41-5)26-15-18/h1,14-15H,7-13,16-17H2,2-5H3,(H2-,24,25,30,32,35,36)/p+1. The number of quaternary nitrogens is 1. The average molecular weight is 620 g/mol. The van der Waals surface area contributed by atoms with Crippen LogP contribution in [0.15, 0.2) is 17.3 Å². The number of thioether (sulfide) groups is 1. The van der Waals surface area contributed by atoms with Crippen LogP contribution in [-0.4, -0.2) is 128 Å². The van der Waals surface area contributed by atoms with Gasteiger partial charge in [-0.25, -0.2) is 9.55 Å². The maximum atomic E-state index is 12.4. The summed E-state index contributed by atoms with van der Waals surface area (Å²) in [7, 11) is 1.38. The number of ether oxygens (including phenoxy) is 1. The molecule has 1 aromatic rings. The quantitative estimate of drug-likeness (QED) is 0.0353. The minimum Gasteiger partial charge on any atom is -0.362 e. The predicted molar refractivity (Wildman–Crippen MR) is 149 cm³/mol. The van der Waals surface area contributed by atoms with Gasteiger partial charge in [0.15, 0.2) is 5.03 Å². The zero-order valence-corrected chi connectivity index (χ0v) is 25.1. The number of phosphoric ester groups is 1. The van der Waals surface area contributed by atoms with Crippen LogP contribution in [0.5, 0.6) is 0 Å². The molecule has 0 fully saturated rings. The number of rotatable bonds is 19. The lowest BCUT2D eigenvalue weighted by atomic mass is 10.2. The molecule has 0 aliphatic heterocycles. The van der Waals surface area contributed by atoms with E-state index < -0.39 is 43.7 Å². The largest absolute Gasteiger partial charge is 0.472 e. The van der Waals surface area contributed by atoms with E-state index in [1.54, 1.807) is 6.26 Å². The van der Waals surface area contributed by atoms with Gasteiger partial charge >= 0.3 is 13.5 Å². The molecule has 1 atom stereocenters. The summed E-state index contributed by atoms with van der Waals surface area (Å²) in [6, 6.07) is 1.12. The third kappa shape index (κ3) is 14.9. The van der Waals surface area contributed by atoms with Crippen LogP contribution in [0.2, 0.25) is 0 Å². The van der Waals surface area contributed by atoms with Crippen LogP contribution >= 0.6 is 19.6 Å². The smallest absolute Gasteiger partial charge is 0.362 e. The van der Waals surface area contributed by atoms with E-state index in [-0.39, 0.29) is 55.7 Å². The molecule has 16 nitrogen and oxygen atoms in total. The highest BCUT2D eigenvalue weighted by Crippen LogP contribution is 2.42. The molecular formula is C23H36N6O10PS+. The summed E-state index contributed by atoms with van der Waals surface area (Å²) in [4.78, 5) is 61.9. The summed E-state index contributed by atoms with van der Waals surface area (Å²) in [6.45, 7) is -0.965. The normalized spacial score (nSPS) is 12.6. The number of nitro groups is 1. The van der Waals surface area contributed by atoms with Crippen molar-refractivity contribution in [2.75, 3.05) is 86.6 Å². The number of nitrogens with one attached hydrogen (secondary N) is 2. The number of hydrogen-bond donors (Lipinski definition) is 3. The fraction of sp³-hybridized carbons (Fsp3) is 0.565. The Kier molecular flexibility index (Phi) is 15.5. The van der Waals surface area contributed by atoms with Gasteiger partial charge in [0.05, 0.1) is 44.8 Å². The first-order valence-corrected chi connectivity index (χ1v) is 14.9. The molecule has 0 radical (unpaired) electrons. The van der Waals surface area contributed by atoms with E-state index >= 15 is 0 Å². The fourth-order valence-electron chi connectivity index (χ4n) is 2.84. The molecule has 0 aliphatic carbocycles. The highest BCUT2D eigenvalue weighted by Gasteiger charge is 2.24. The Bertz CT molecular complexity index is 1160. The summed E-state index contributed by atoms with van der Waals surface area (Å²) in [5.74, 6) is 0.560. The monoisotopic (exact) mass is 619 g/mol. The number of hydrogen-bond acceptors (Lipinski definition) is 11. The van der Waals surface area contributed by atoms with Gasteiger partial charge in [-0.3, -0.25) is 33.5 Å². The Morgan fingerprint density at radius 1 is 1.22 bits per heavy atom. The van der Waals surface area contributed by atoms with E-state index in [1.807, 2.05) is 21.1 Å². The maximum Gasteiger partial charge on any atom is 0.472 e. The fourth-order valence-corrected chi connectivity index (χ4v) is 4.04. The van der Waals surface area contributed by atoms with Crippen LogP contribution in [-0.2, 0) is 27.9 Å². The second kappa shape index (κ2) is 17.7. The minimum absolute atomic E-state index is 0.000954. The van der Waals surface area contributed by atoms with Crippen molar-refractivity contribution < 1.29 is 47.0 Å². The number of pyridine rings is 1. The number of carbonyl (C=O) groups is 3. The molecule has 3 amide bonds. The first-order valence-electron chi connectivity index (χ1n) is 12.1. The molecule has 41 heavy (non-hydrogen) atoms. The minimum atomic E-state index is -4.31. The number of carbonyl (C=O) groups excluding carboxylic acids is 3. The Morgan fingerprint density at radius 3 is 2.49 bits per heavy atom. The SMILES string of the molecule is C#CCN(CCOP(=O)(O)OCC[N+](C)(C)C)C(=O)COCC(=O)NCCNC(=O)c1cnc(SC)c([N+](=O)[O-])c1. The Balaban J connectivity index is 2.36. The third-order valence-electron chi connectivity index (χ3n) is 4.94. The number of amides is 3. The van der Waals surface area contributed by atoms with Crippen molar-refractivity contribution in [3.8, 4) is 12.3 Å². The van der Waals surface area contributed by atoms with Crippen LogP contribution in [0.1, 0.15) is 10.4 Å². The van der Waals surface area contributed by atoms with Gasteiger partial charge < -0.3 is 29.6 Å². The van der Waals surface area contributed by atoms with Gasteiger partial charge in [0.25, 0.3) is 5.91 Å². The number of likely N-dealkylation sites (N-methyl/N-ethyl adjacent to an activating group) is 1. The highest BCUT2D eigenvalue weighted by atomic mass is 32.2. The zero-order chi connectivity index (χ0) is 31.1. The van der Waals surface area contributed by atoms with Crippen LogP contribution < -0.4 is 10.6 Å². The Morgan fingerprint density at radius 2 is 1.88 bits per heavy atom. The molecule has 0 aliphatic rings. The molecule has 18 heteroatoms. The lowest BCUT2D eigenvalue weighted by Gasteiger charge is -2.24. The van der Waals surface area contributed by atoms with Crippen molar-refractivity contribution in [1.82, 2.24) is 20.5 Å². The van der Waals surface area contributed by atoms with E-state index in [0.717, 1.165) is 22.7 Å². The van der Waals surface area contributed by atoms with E-state index in [9.17, 15) is 34.0 Å². The van der Waals surface area contributed by atoms with Gasteiger partial charge in [0.1, 0.15) is 26.4 Å². The summed E-state index contributed by atoms with van der Waals surface area (Å²) in [5.41, 5.74) is -0.286. The number of nitrogens with zero attached hydrogens (tertiary/aromatic N) is 4. The maximum absolute atomic E-state index is 12.4. The van der Waals surface area contributed by atoms with Crippen molar-refractivity contribution in [3.63, 3.8) is 0 Å². The lowest BCUT2D eigenvalue weighted by molar-refractivity contribution is -0.870. The summed E-state index contributed by atoms with van der Waals surface area (Å²) in [5, 5.41) is 16.3. The molecule has 1 heterocycles. The topological polar surface area (TPSA) is 200 Å². The summed E-state index contributed by atoms with van der Waals surface area (Å²) >= 11 is 1.08. The molecule has 1 aromatic heterocycles. The van der Waals surface area contributed by atoms with Crippen molar-refractivity contribution in [2.24, 2.45) is 0 Å². The van der Waals surface area contributed by atoms with Crippen molar-refractivity contribution in [3.05, 3.63) is 27.9 Å². The van der Waals surface area contributed by atoms with E-state index in [0.29, 0.717) is 11.0 Å². The molecule has 1 unspecified atom stereocenters. The zero-order valence-electron chi connectivity index (χ0n) is 23.4. The predicted octanol–water partition coefficient (Wildman–Crippen LogP) is -0.124. The van der Waals surface area contributed by atoms with Crippen molar-refractivity contribution in [1.29, 1.82) is 0 Å². The van der Waals surface area contributed by atoms with Gasteiger partial charge in [-0.15, -0.1) is 18.2 Å². The molecule has 0 saturated heterocycles. The second-order valence-corrected chi connectivity index (χ2v) is 11.5. The Hall–Kier alpha value is -3.10. The lowest BCUT2D eigenvalue weighted by Crippen LogP contribution is -2.39. The number of phosphoric acid groups is 1. The van der Waals surface area contributed by atoms with E-state index in [1.165, 1.54) is 6.20 Å². The van der Waals surface area contributed by atoms with Gasteiger partial charge in [-0.05, 0) is 6.26 Å². The molecule has 0 bridgehead atoms. The van der Waals surface area contributed by atoms with Gasteiger partial charge in [0, 0.05) is 31.9 Å². The van der Waals surface area contributed by atoms with Crippen molar-refractivity contribution >= 4 is 43.0 Å². The highest BCUT2D eigenvalue weighted by molar-refractivity contribution is 7.98. The van der Waals surface area contributed by atoms with Gasteiger partial charge in [0.2, 0.25) is 11.8 Å². The molecule has 1 rings (SSSR count). The van der Waals surface area contributed by atoms with Crippen LogP contribution in [0.25, 0.3) is 0 Å².